The minimum Gasteiger partial charge on any atom is -0.497 e. The van der Waals surface area contributed by atoms with Gasteiger partial charge in [0.15, 0.2) is 11.3 Å². The van der Waals surface area contributed by atoms with Gasteiger partial charge in [-0.1, -0.05) is 6.07 Å². The first kappa shape index (κ1) is 16.0. The van der Waals surface area contributed by atoms with Gasteiger partial charge in [0.05, 0.1) is 18.2 Å². The Bertz CT molecular complexity index is 944. The van der Waals surface area contributed by atoms with Crippen molar-refractivity contribution in [3.8, 4) is 5.75 Å². The molecular weight excluding hydrogens is 313 g/mol. The van der Waals surface area contributed by atoms with Gasteiger partial charge < -0.3 is 4.74 Å². The van der Waals surface area contributed by atoms with Crippen molar-refractivity contribution in [2.24, 2.45) is 12.0 Å². The smallest absolute Gasteiger partial charge is 0.343 e. The first-order chi connectivity index (χ1) is 10.3. The van der Waals surface area contributed by atoms with Gasteiger partial charge in [-0.05, 0) is 12.1 Å². The topological polar surface area (TPSA) is 82.7 Å². The van der Waals surface area contributed by atoms with Gasteiger partial charge in [-0.15, -0.1) is 0 Å². The third kappa shape index (κ3) is 2.54. The highest BCUT2D eigenvalue weighted by atomic mass is 32.2. The first-order valence-corrected chi connectivity index (χ1v) is 7.57. The Labute approximate surface area is 126 Å². The summed E-state index contributed by atoms with van der Waals surface area (Å²) in [4.78, 5) is 15.6. The summed E-state index contributed by atoms with van der Waals surface area (Å²) in [5.74, 6) is -0.616. The summed E-state index contributed by atoms with van der Waals surface area (Å²) < 4.78 is 45.1. The fourth-order valence-electron chi connectivity index (χ4n) is 1.92. The molecule has 0 aliphatic heterocycles. The fraction of sp³-hybridized carbons (Fsp3) is 0.231. The van der Waals surface area contributed by atoms with Crippen LogP contribution < -0.4 is 15.9 Å². The second-order valence-corrected chi connectivity index (χ2v) is 6.16. The lowest BCUT2D eigenvalue weighted by Gasteiger charge is -2.11. The van der Waals surface area contributed by atoms with Crippen molar-refractivity contribution in [1.82, 2.24) is 8.54 Å². The number of benzene rings is 1. The van der Waals surface area contributed by atoms with Gasteiger partial charge in [-0.2, -0.15) is 3.97 Å². The molecular formula is C13H14FN3O4S. The molecule has 22 heavy (non-hydrogen) atoms. The Hall–Kier alpha value is -2.42. The van der Waals surface area contributed by atoms with Gasteiger partial charge in [-0.3, -0.25) is 9.56 Å². The fourth-order valence-corrected chi connectivity index (χ4v) is 3.22. The number of ether oxygens (including phenoxy) is 1. The minimum absolute atomic E-state index is 0.186. The molecule has 0 amide bonds. The highest BCUT2D eigenvalue weighted by Crippen LogP contribution is 2.18. The van der Waals surface area contributed by atoms with Crippen LogP contribution in [0.3, 0.4) is 0 Å². The Morgan fingerprint density at radius 2 is 2.00 bits per heavy atom. The number of halogens is 1. The van der Waals surface area contributed by atoms with Gasteiger partial charge >= 0.3 is 5.69 Å². The molecule has 0 fully saturated rings. The number of hydrogen-bond acceptors (Lipinski definition) is 5. The van der Waals surface area contributed by atoms with Crippen LogP contribution in [0.25, 0.3) is 0 Å². The molecule has 0 N–H and O–H groups in total. The zero-order chi connectivity index (χ0) is 16.5. The SMILES string of the molecule is CN=c1c(F)cn(S(=O)(=O)c2cccc(OC)c2)c(=O)n1C. The third-order valence-electron chi connectivity index (χ3n) is 3.05. The lowest BCUT2D eigenvalue weighted by Crippen LogP contribution is -2.42. The standard InChI is InChI=1S/C13H14FN3O4S/c1-15-12-11(14)8-17(13(18)16(12)2)22(19,20)10-6-4-5-9(7-10)21-3/h4-8H,1-3H3. The van der Waals surface area contributed by atoms with E-state index in [1.807, 2.05) is 0 Å². The molecule has 0 aliphatic carbocycles. The van der Waals surface area contributed by atoms with E-state index in [-0.39, 0.29) is 10.4 Å². The predicted octanol–water partition coefficient (Wildman–Crippen LogP) is 0.102. The molecule has 0 aliphatic rings. The van der Waals surface area contributed by atoms with Crippen molar-refractivity contribution in [2.45, 2.75) is 4.90 Å². The van der Waals surface area contributed by atoms with E-state index in [0.29, 0.717) is 15.9 Å². The largest absolute Gasteiger partial charge is 0.497 e. The van der Waals surface area contributed by atoms with E-state index in [0.717, 1.165) is 4.57 Å². The molecule has 1 aromatic carbocycles. The lowest BCUT2D eigenvalue weighted by atomic mass is 10.3. The van der Waals surface area contributed by atoms with E-state index in [4.69, 9.17) is 4.74 Å². The normalized spacial score (nSPS) is 12.5. The Kier molecular flexibility index (Phi) is 4.18. The molecule has 2 rings (SSSR count). The van der Waals surface area contributed by atoms with Crippen LogP contribution in [0.1, 0.15) is 0 Å². The van der Waals surface area contributed by atoms with E-state index >= 15 is 0 Å². The highest BCUT2D eigenvalue weighted by Gasteiger charge is 2.21. The van der Waals surface area contributed by atoms with Crippen LogP contribution in [0.4, 0.5) is 4.39 Å². The van der Waals surface area contributed by atoms with Gasteiger partial charge in [0.2, 0.25) is 0 Å². The van der Waals surface area contributed by atoms with Gasteiger partial charge in [0, 0.05) is 20.2 Å². The maximum atomic E-state index is 13.9. The number of hydrogen-bond donors (Lipinski definition) is 0. The zero-order valence-electron chi connectivity index (χ0n) is 12.1. The molecule has 0 saturated heterocycles. The summed E-state index contributed by atoms with van der Waals surface area (Å²) in [7, 11) is -0.321. The molecule has 2 aromatic rings. The summed E-state index contributed by atoms with van der Waals surface area (Å²) in [6.07, 6.45) is 0.611. The summed E-state index contributed by atoms with van der Waals surface area (Å²) in [5, 5.41) is 0. The van der Waals surface area contributed by atoms with E-state index in [1.165, 1.54) is 39.4 Å². The third-order valence-corrected chi connectivity index (χ3v) is 4.68. The average molecular weight is 327 g/mol. The second-order valence-electron chi connectivity index (χ2n) is 4.35. The van der Waals surface area contributed by atoms with Gasteiger partial charge in [-0.25, -0.2) is 17.6 Å². The molecule has 0 unspecified atom stereocenters. The molecule has 7 nitrogen and oxygen atoms in total. The van der Waals surface area contributed by atoms with Crippen molar-refractivity contribution in [2.75, 3.05) is 14.2 Å². The minimum atomic E-state index is -4.25. The predicted molar refractivity (Wildman–Crippen MR) is 76.7 cm³/mol. The quantitative estimate of drug-likeness (QED) is 0.801. The lowest BCUT2D eigenvalue weighted by molar-refractivity contribution is 0.413. The molecule has 0 spiro atoms. The number of methoxy groups -OCH3 is 1. The molecule has 9 heteroatoms. The van der Waals surface area contributed by atoms with Gasteiger partial charge in [0.25, 0.3) is 10.0 Å². The molecule has 0 radical (unpaired) electrons. The van der Waals surface area contributed by atoms with Crippen molar-refractivity contribution < 1.29 is 17.5 Å². The second kappa shape index (κ2) is 5.76. The summed E-state index contributed by atoms with van der Waals surface area (Å²) in [5.41, 5.74) is -1.16. The molecule has 0 atom stereocenters. The van der Waals surface area contributed by atoms with E-state index < -0.39 is 21.5 Å². The summed E-state index contributed by atoms with van der Waals surface area (Å²) in [6, 6.07) is 5.56. The first-order valence-electron chi connectivity index (χ1n) is 6.13. The van der Waals surface area contributed by atoms with Crippen LogP contribution in [0.15, 0.2) is 45.1 Å². The summed E-state index contributed by atoms with van der Waals surface area (Å²) in [6.45, 7) is 0. The highest BCUT2D eigenvalue weighted by molar-refractivity contribution is 7.90. The molecule has 0 bridgehead atoms. The monoisotopic (exact) mass is 327 g/mol. The number of rotatable bonds is 3. The van der Waals surface area contributed by atoms with E-state index in [1.54, 1.807) is 6.07 Å². The molecule has 1 aromatic heterocycles. The summed E-state index contributed by atoms with van der Waals surface area (Å²) >= 11 is 0. The molecule has 1 heterocycles. The maximum absolute atomic E-state index is 13.9. The van der Waals surface area contributed by atoms with Crippen LogP contribution >= 0.6 is 0 Å². The maximum Gasteiger partial charge on any atom is 0.343 e. The zero-order valence-corrected chi connectivity index (χ0v) is 13.0. The van der Waals surface area contributed by atoms with Crippen molar-refractivity contribution >= 4 is 10.0 Å². The Morgan fingerprint density at radius 1 is 1.32 bits per heavy atom. The van der Waals surface area contributed by atoms with E-state index in [9.17, 15) is 17.6 Å². The van der Waals surface area contributed by atoms with E-state index in [2.05, 4.69) is 4.99 Å². The van der Waals surface area contributed by atoms with Gasteiger partial charge in [0.1, 0.15) is 5.75 Å². The Morgan fingerprint density at radius 3 is 2.59 bits per heavy atom. The van der Waals surface area contributed by atoms with Crippen molar-refractivity contribution in [3.05, 3.63) is 52.3 Å². The van der Waals surface area contributed by atoms with Crippen LogP contribution in [-0.4, -0.2) is 31.1 Å². The molecule has 0 saturated carbocycles. The number of aromatic nitrogens is 2. The van der Waals surface area contributed by atoms with Crippen molar-refractivity contribution in [3.63, 3.8) is 0 Å². The molecule has 118 valence electrons. The number of nitrogens with zero attached hydrogens (tertiary/aromatic N) is 3. The van der Waals surface area contributed by atoms with Crippen LogP contribution in [0.2, 0.25) is 0 Å². The van der Waals surface area contributed by atoms with Crippen LogP contribution in [0, 0.1) is 5.82 Å². The van der Waals surface area contributed by atoms with Crippen LogP contribution in [-0.2, 0) is 17.1 Å². The van der Waals surface area contributed by atoms with Crippen LogP contribution in [0.5, 0.6) is 5.75 Å². The van der Waals surface area contributed by atoms with Crippen molar-refractivity contribution in [1.29, 1.82) is 0 Å². The Balaban J connectivity index is 2.78. The average Bonchev–Trinajstić information content (AvgIpc) is 2.51.